The van der Waals surface area contributed by atoms with E-state index in [4.69, 9.17) is 18.6 Å². The summed E-state index contributed by atoms with van der Waals surface area (Å²) in [7, 11) is 3.26. The Hall–Kier alpha value is -3.25. The molecule has 1 heterocycles. The summed E-state index contributed by atoms with van der Waals surface area (Å²) in [6.45, 7) is 8.70. The predicted octanol–water partition coefficient (Wildman–Crippen LogP) is 5.37. The summed E-state index contributed by atoms with van der Waals surface area (Å²) >= 11 is 0. The molecule has 1 atom stereocenters. The summed E-state index contributed by atoms with van der Waals surface area (Å²) in [6, 6.07) is 9.81. The first-order valence-corrected chi connectivity index (χ1v) is 10.7. The molecule has 0 saturated heterocycles. The van der Waals surface area contributed by atoms with Crippen LogP contribution in [0.15, 0.2) is 47.1 Å². The predicted molar refractivity (Wildman–Crippen MR) is 127 cm³/mol. The summed E-state index contributed by atoms with van der Waals surface area (Å²) in [5.74, 6) is 1.35. The minimum absolute atomic E-state index is 0.0809. The van der Waals surface area contributed by atoms with Crippen molar-refractivity contribution in [2.75, 3.05) is 27.4 Å². The molecule has 0 spiro atoms. The van der Waals surface area contributed by atoms with Gasteiger partial charge in [-0.2, -0.15) is 0 Å². The van der Waals surface area contributed by atoms with E-state index in [1.165, 1.54) is 0 Å². The number of methoxy groups -OCH3 is 2. The van der Waals surface area contributed by atoms with Gasteiger partial charge in [-0.15, -0.1) is 0 Å². The Labute approximate surface area is 189 Å². The van der Waals surface area contributed by atoms with Crippen molar-refractivity contribution in [2.24, 2.45) is 0 Å². The summed E-state index contributed by atoms with van der Waals surface area (Å²) in [5, 5.41) is 3.88. The van der Waals surface area contributed by atoms with Gasteiger partial charge in [0.15, 0.2) is 0 Å². The molecular formula is C26H31NO5. The van der Waals surface area contributed by atoms with Crippen LogP contribution in [0.25, 0.3) is 27.7 Å². The van der Waals surface area contributed by atoms with Gasteiger partial charge in [0.1, 0.15) is 17.1 Å². The topological polar surface area (TPSA) is 69.9 Å². The zero-order valence-corrected chi connectivity index (χ0v) is 19.6. The molecule has 0 aliphatic rings. The molecule has 0 radical (unpaired) electrons. The second-order valence-corrected chi connectivity index (χ2v) is 7.76. The van der Waals surface area contributed by atoms with E-state index in [1.54, 1.807) is 26.6 Å². The SMILES string of the molecule is CCOc1c(/C(C)=C/C(=O)NC(C)COC)cc2c(-c3ccc(OC)cc3)coc2c1C. The lowest BCUT2D eigenvalue weighted by atomic mass is 9.96. The second-order valence-electron chi connectivity index (χ2n) is 7.76. The van der Waals surface area contributed by atoms with Crippen molar-refractivity contribution in [1.82, 2.24) is 5.32 Å². The fourth-order valence-corrected chi connectivity index (χ4v) is 3.78. The Morgan fingerprint density at radius 2 is 1.94 bits per heavy atom. The number of furan rings is 1. The molecule has 170 valence electrons. The van der Waals surface area contributed by atoms with Gasteiger partial charge in [-0.25, -0.2) is 0 Å². The molecule has 0 aliphatic carbocycles. The Bertz CT molecular complexity index is 1110. The number of hydrogen-bond donors (Lipinski definition) is 1. The number of carbonyl (C=O) groups is 1. The molecular weight excluding hydrogens is 406 g/mol. The van der Waals surface area contributed by atoms with Crippen LogP contribution in [0.5, 0.6) is 11.5 Å². The number of benzene rings is 2. The molecule has 1 unspecified atom stereocenters. The first-order valence-electron chi connectivity index (χ1n) is 10.7. The van der Waals surface area contributed by atoms with Crippen LogP contribution >= 0.6 is 0 Å². The molecule has 1 amide bonds. The maximum Gasteiger partial charge on any atom is 0.244 e. The van der Waals surface area contributed by atoms with Gasteiger partial charge in [0, 0.05) is 41.3 Å². The second kappa shape index (κ2) is 10.4. The van der Waals surface area contributed by atoms with Crippen LogP contribution in [-0.2, 0) is 9.53 Å². The smallest absolute Gasteiger partial charge is 0.244 e. The van der Waals surface area contributed by atoms with E-state index in [0.717, 1.165) is 50.3 Å². The third kappa shape index (κ3) is 4.97. The van der Waals surface area contributed by atoms with Crippen LogP contribution in [-0.4, -0.2) is 39.4 Å². The lowest BCUT2D eigenvalue weighted by Gasteiger charge is -2.15. The molecule has 0 bridgehead atoms. The van der Waals surface area contributed by atoms with Gasteiger partial charge in [0.25, 0.3) is 0 Å². The van der Waals surface area contributed by atoms with Crippen molar-refractivity contribution in [3.63, 3.8) is 0 Å². The normalized spacial score (nSPS) is 12.6. The summed E-state index contributed by atoms with van der Waals surface area (Å²) in [4.78, 5) is 12.5. The average Bonchev–Trinajstić information content (AvgIpc) is 3.20. The Balaban J connectivity index is 2.08. The molecule has 3 aromatic rings. The van der Waals surface area contributed by atoms with E-state index in [0.29, 0.717) is 13.2 Å². The molecule has 3 rings (SSSR count). The monoisotopic (exact) mass is 437 g/mol. The van der Waals surface area contributed by atoms with Gasteiger partial charge in [-0.3, -0.25) is 4.79 Å². The molecule has 0 aliphatic heterocycles. The third-order valence-corrected chi connectivity index (χ3v) is 5.31. The van der Waals surface area contributed by atoms with Gasteiger partial charge in [-0.05, 0) is 57.0 Å². The van der Waals surface area contributed by atoms with Gasteiger partial charge < -0.3 is 23.9 Å². The number of rotatable bonds is 9. The molecule has 1 N–H and O–H groups in total. The van der Waals surface area contributed by atoms with E-state index in [9.17, 15) is 4.79 Å². The number of fused-ring (bicyclic) bond motifs is 1. The number of amides is 1. The first-order chi connectivity index (χ1) is 15.4. The Morgan fingerprint density at radius 1 is 1.22 bits per heavy atom. The van der Waals surface area contributed by atoms with Gasteiger partial charge in [-0.1, -0.05) is 12.1 Å². The van der Waals surface area contributed by atoms with Crippen molar-refractivity contribution in [3.05, 3.63) is 53.8 Å². The van der Waals surface area contributed by atoms with Crippen molar-refractivity contribution < 1.29 is 23.4 Å². The van der Waals surface area contributed by atoms with E-state index in [2.05, 4.69) is 5.32 Å². The summed E-state index contributed by atoms with van der Waals surface area (Å²) in [5.41, 5.74) is 5.34. The van der Waals surface area contributed by atoms with Crippen molar-refractivity contribution >= 4 is 22.4 Å². The van der Waals surface area contributed by atoms with Gasteiger partial charge in [0.2, 0.25) is 5.91 Å². The quantitative estimate of drug-likeness (QED) is 0.456. The first kappa shape index (κ1) is 23.4. The average molecular weight is 438 g/mol. The lowest BCUT2D eigenvalue weighted by Crippen LogP contribution is -2.34. The highest BCUT2D eigenvalue weighted by Crippen LogP contribution is 2.41. The van der Waals surface area contributed by atoms with Crippen LogP contribution in [0.1, 0.15) is 31.9 Å². The number of hydrogen-bond acceptors (Lipinski definition) is 5. The molecule has 6 nitrogen and oxygen atoms in total. The molecule has 0 fully saturated rings. The van der Waals surface area contributed by atoms with E-state index in [1.807, 2.05) is 58.0 Å². The lowest BCUT2D eigenvalue weighted by molar-refractivity contribution is -0.117. The van der Waals surface area contributed by atoms with Crippen LogP contribution in [0.3, 0.4) is 0 Å². The Kier molecular flexibility index (Phi) is 7.59. The van der Waals surface area contributed by atoms with Crippen LogP contribution in [0.4, 0.5) is 0 Å². The molecule has 1 aromatic heterocycles. The molecule has 32 heavy (non-hydrogen) atoms. The summed E-state index contributed by atoms with van der Waals surface area (Å²) in [6.07, 6.45) is 3.36. The Morgan fingerprint density at radius 3 is 2.56 bits per heavy atom. The highest BCUT2D eigenvalue weighted by molar-refractivity contribution is 6.01. The van der Waals surface area contributed by atoms with E-state index >= 15 is 0 Å². The number of carbonyl (C=O) groups excluding carboxylic acids is 1. The third-order valence-electron chi connectivity index (χ3n) is 5.31. The number of ether oxygens (including phenoxy) is 3. The standard InChI is InChI=1S/C26H31NO5/c1-7-31-25-18(4)26-22(23(15-32-26)19-8-10-20(30-6)11-9-19)13-21(25)16(2)12-24(28)27-17(3)14-29-5/h8-13,15,17H,7,14H2,1-6H3,(H,27,28)/b16-12+. The maximum absolute atomic E-state index is 12.5. The van der Waals surface area contributed by atoms with Gasteiger partial charge in [0.05, 0.1) is 26.6 Å². The zero-order valence-electron chi connectivity index (χ0n) is 19.6. The van der Waals surface area contributed by atoms with Crippen molar-refractivity contribution in [3.8, 4) is 22.6 Å². The number of allylic oxidation sites excluding steroid dienone is 1. The fourth-order valence-electron chi connectivity index (χ4n) is 3.78. The fraction of sp³-hybridized carbons (Fsp3) is 0.346. The minimum Gasteiger partial charge on any atom is -0.497 e. The van der Waals surface area contributed by atoms with Crippen molar-refractivity contribution in [2.45, 2.75) is 33.7 Å². The van der Waals surface area contributed by atoms with Crippen molar-refractivity contribution in [1.29, 1.82) is 0 Å². The van der Waals surface area contributed by atoms with Crippen LogP contribution in [0.2, 0.25) is 0 Å². The molecule has 2 aromatic carbocycles. The summed E-state index contributed by atoms with van der Waals surface area (Å²) < 4.78 is 22.3. The van der Waals surface area contributed by atoms with Crippen LogP contribution in [0, 0.1) is 6.92 Å². The number of aryl methyl sites for hydroxylation is 1. The van der Waals surface area contributed by atoms with Gasteiger partial charge >= 0.3 is 0 Å². The molecule has 0 saturated carbocycles. The van der Waals surface area contributed by atoms with Crippen LogP contribution < -0.4 is 14.8 Å². The van der Waals surface area contributed by atoms with E-state index in [-0.39, 0.29) is 11.9 Å². The highest BCUT2D eigenvalue weighted by atomic mass is 16.5. The number of nitrogens with one attached hydrogen (secondary N) is 1. The highest BCUT2D eigenvalue weighted by Gasteiger charge is 2.19. The molecule has 6 heteroatoms. The maximum atomic E-state index is 12.5. The van der Waals surface area contributed by atoms with E-state index < -0.39 is 0 Å². The largest absolute Gasteiger partial charge is 0.497 e. The zero-order chi connectivity index (χ0) is 23.3. The minimum atomic E-state index is -0.171.